The van der Waals surface area contributed by atoms with Crippen LogP contribution in [0.5, 0.6) is 5.75 Å². The molecule has 0 aromatic heterocycles. The molecular formula is C26H30O. The Morgan fingerprint density at radius 2 is 1.07 bits per heavy atom. The number of aromatic hydroxyl groups is 1. The van der Waals surface area contributed by atoms with Gasteiger partial charge in [-0.25, -0.2) is 0 Å². The van der Waals surface area contributed by atoms with E-state index in [0.29, 0.717) is 5.75 Å². The van der Waals surface area contributed by atoms with Crippen molar-refractivity contribution in [2.75, 3.05) is 0 Å². The van der Waals surface area contributed by atoms with E-state index in [9.17, 15) is 5.11 Å². The molecule has 0 bridgehead atoms. The molecule has 0 radical (unpaired) electrons. The second-order valence-electron chi connectivity index (χ2n) is 9.36. The van der Waals surface area contributed by atoms with E-state index in [2.05, 4.69) is 96.1 Å². The summed E-state index contributed by atoms with van der Waals surface area (Å²) in [6.45, 7) is 13.3. The minimum Gasteiger partial charge on any atom is -0.507 e. The van der Waals surface area contributed by atoms with Gasteiger partial charge in [-0.1, -0.05) is 102 Å². The van der Waals surface area contributed by atoms with Crippen LogP contribution in [0.2, 0.25) is 0 Å². The Kier molecular flexibility index (Phi) is 4.90. The summed E-state index contributed by atoms with van der Waals surface area (Å²) in [7, 11) is 0. The van der Waals surface area contributed by atoms with Crippen molar-refractivity contribution in [3.63, 3.8) is 0 Å². The number of phenolic OH excluding ortho intramolecular Hbond substituents is 1. The molecule has 0 heterocycles. The zero-order valence-corrected chi connectivity index (χ0v) is 17.3. The van der Waals surface area contributed by atoms with Gasteiger partial charge in [0.2, 0.25) is 0 Å². The number of hydrogen-bond donors (Lipinski definition) is 1. The Balaban J connectivity index is 2.21. The maximum Gasteiger partial charge on any atom is 0.124 e. The molecule has 0 unspecified atom stereocenters. The molecular weight excluding hydrogens is 328 g/mol. The van der Waals surface area contributed by atoms with Crippen molar-refractivity contribution in [1.29, 1.82) is 0 Å². The van der Waals surface area contributed by atoms with Gasteiger partial charge in [-0.3, -0.25) is 0 Å². The molecule has 0 aliphatic heterocycles. The molecule has 27 heavy (non-hydrogen) atoms. The summed E-state index contributed by atoms with van der Waals surface area (Å²) in [5, 5.41) is 10.7. The van der Waals surface area contributed by atoms with Gasteiger partial charge in [0, 0.05) is 5.56 Å². The molecule has 1 heteroatoms. The minimum absolute atomic E-state index is 0.0622. The topological polar surface area (TPSA) is 20.2 Å². The van der Waals surface area contributed by atoms with Crippen LogP contribution in [0.15, 0.2) is 66.7 Å². The van der Waals surface area contributed by atoms with Gasteiger partial charge in [0.25, 0.3) is 0 Å². The van der Waals surface area contributed by atoms with Crippen molar-refractivity contribution in [3.05, 3.63) is 77.9 Å². The fraction of sp³-hybridized carbons (Fsp3) is 0.308. The summed E-state index contributed by atoms with van der Waals surface area (Å²) in [6.07, 6.45) is 0. The molecule has 0 saturated carbocycles. The SMILES string of the molecule is CC(C)(C)c1cccc(-c2cccc(O)c2-c2cccc(C(C)(C)C)c2)c1. The van der Waals surface area contributed by atoms with Gasteiger partial charge in [0.15, 0.2) is 0 Å². The fourth-order valence-electron chi connectivity index (χ4n) is 3.38. The highest BCUT2D eigenvalue weighted by Crippen LogP contribution is 2.40. The quantitative estimate of drug-likeness (QED) is 0.509. The summed E-state index contributed by atoms with van der Waals surface area (Å²) >= 11 is 0. The average Bonchev–Trinajstić information content (AvgIpc) is 2.60. The van der Waals surface area contributed by atoms with Crippen LogP contribution in [0, 0.1) is 0 Å². The summed E-state index contributed by atoms with van der Waals surface area (Å²) < 4.78 is 0. The van der Waals surface area contributed by atoms with E-state index in [1.165, 1.54) is 11.1 Å². The lowest BCUT2D eigenvalue weighted by atomic mass is 9.83. The van der Waals surface area contributed by atoms with Gasteiger partial charge >= 0.3 is 0 Å². The van der Waals surface area contributed by atoms with Gasteiger partial charge < -0.3 is 5.11 Å². The number of rotatable bonds is 2. The first-order valence-corrected chi connectivity index (χ1v) is 9.61. The van der Waals surface area contributed by atoms with Crippen molar-refractivity contribution < 1.29 is 5.11 Å². The van der Waals surface area contributed by atoms with Crippen molar-refractivity contribution in [2.45, 2.75) is 52.4 Å². The van der Waals surface area contributed by atoms with Crippen molar-refractivity contribution in [3.8, 4) is 28.0 Å². The number of hydrogen-bond acceptors (Lipinski definition) is 1. The molecule has 0 amide bonds. The van der Waals surface area contributed by atoms with Crippen LogP contribution in [0.1, 0.15) is 52.7 Å². The second kappa shape index (κ2) is 6.88. The highest BCUT2D eigenvalue weighted by Gasteiger charge is 2.19. The third-order valence-corrected chi connectivity index (χ3v) is 5.10. The first kappa shape index (κ1) is 19.2. The molecule has 0 saturated heterocycles. The first-order valence-electron chi connectivity index (χ1n) is 9.61. The molecule has 140 valence electrons. The van der Waals surface area contributed by atoms with E-state index < -0.39 is 0 Å². The van der Waals surface area contributed by atoms with Crippen LogP contribution < -0.4 is 0 Å². The van der Waals surface area contributed by atoms with Crippen molar-refractivity contribution in [1.82, 2.24) is 0 Å². The largest absolute Gasteiger partial charge is 0.507 e. The molecule has 0 spiro atoms. The van der Waals surface area contributed by atoms with E-state index in [4.69, 9.17) is 0 Å². The molecule has 1 nitrogen and oxygen atoms in total. The summed E-state index contributed by atoms with van der Waals surface area (Å²) in [5.74, 6) is 0.319. The van der Waals surface area contributed by atoms with Crippen LogP contribution in [0.25, 0.3) is 22.3 Å². The lowest BCUT2D eigenvalue weighted by Crippen LogP contribution is -2.11. The first-order chi connectivity index (χ1) is 12.6. The molecule has 0 aliphatic rings. The monoisotopic (exact) mass is 358 g/mol. The number of phenols is 1. The molecule has 3 aromatic carbocycles. The minimum atomic E-state index is 0.0622. The third-order valence-electron chi connectivity index (χ3n) is 5.10. The zero-order chi connectivity index (χ0) is 19.8. The van der Waals surface area contributed by atoms with E-state index in [-0.39, 0.29) is 10.8 Å². The van der Waals surface area contributed by atoms with Gasteiger partial charge in [-0.2, -0.15) is 0 Å². The lowest BCUT2D eigenvalue weighted by Gasteiger charge is -2.22. The van der Waals surface area contributed by atoms with Gasteiger partial charge in [-0.05, 0) is 44.7 Å². The molecule has 1 N–H and O–H groups in total. The average molecular weight is 359 g/mol. The molecule has 0 fully saturated rings. The predicted molar refractivity (Wildman–Crippen MR) is 116 cm³/mol. The highest BCUT2D eigenvalue weighted by atomic mass is 16.3. The predicted octanol–water partition coefficient (Wildman–Crippen LogP) is 7.32. The summed E-state index contributed by atoms with van der Waals surface area (Å²) in [6, 6.07) is 23.0. The smallest absolute Gasteiger partial charge is 0.124 e. The van der Waals surface area contributed by atoms with Gasteiger partial charge in [0.1, 0.15) is 5.75 Å². The second-order valence-corrected chi connectivity index (χ2v) is 9.36. The lowest BCUT2D eigenvalue weighted by molar-refractivity contribution is 0.477. The summed E-state index contributed by atoms with van der Waals surface area (Å²) in [4.78, 5) is 0. The van der Waals surface area contributed by atoms with Crippen molar-refractivity contribution in [2.24, 2.45) is 0 Å². The third kappa shape index (κ3) is 4.08. The van der Waals surface area contributed by atoms with Crippen LogP contribution >= 0.6 is 0 Å². The Morgan fingerprint density at radius 1 is 0.593 bits per heavy atom. The molecule has 3 aromatic rings. The standard InChI is InChI=1S/C26H30O/c1-25(2,3)20-12-7-10-18(16-20)22-14-9-15-23(27)24(22)19-11-8-13-21(17-19)26(4,5)6/h7-17,27H,1-6H3. The Morgan fingerprint density at radius 3 is 1.63 bits per heavy atom. The summed E-state index contributed by atoms with van der Waals surface area (Å²) in [5.41, 5.74) is 6.84. The van der Waals surface area contributed by atoms with Crippen LogP contribution in [0.3, 0.4) is 0 Å². The van der Waals surface area contributed by atoms with Gasteiger partial charge in [-0.15, -0.1) is 0 Å². The highest BCUT2D eigenvalue weighted by molar-refractivity contribution is 5.87. The van der Waals surface area contributed by atoms with Crippen LogP contribution in [-0.4, -0.2) is 5.11 Å². The van der Waals surface area contributed by atoms with Crippen molar-refractivity contribution >= 4 is 0 Å². The normalized spacial score (nSPS) is 12.2. The van der Waals surface area contributed by atoms with Gasteiger partial charge in [0.05, 0.1) is 0 Å². The van der Waals surface area contributed by atoms with E-state index >= 15 is 0 Å². The molecule has 3 rings (SSSR count). The van der Waals surface area contributed by atoms with E-state index in [0.717, 1.165) is 22.3 Å². The molecule has 0 atom stereocenters. The Bertz CT molecular complexity index is 952. The van der Waals surface area contributed by atoms with Crippen LogP contribution in [0.4, 0.5) is 0 Å². The molecule has 0 aliphatic carbocycles. The Labute approximate surface area is 163 Å². The zero-order valence-electron chi connectivity index (χ0n) is 17.3. The van der Waals surface area contributed by atoms with E-state index in [1.54, 1.807) is 6.07 Å². The fourth-order valence-corrected chi connectivity index (χ4v) is 3.38. The maximum atomic E-state index is 10.7. The Hall–Kier alpha value is -2.54. The maximum absolute atomic E-state index is 10.7. The van der Waals surface area contributed by atoms with Crippen LogP contribution in [-0.2, 0) is 10.8 Å². The van der Waals surface area contributed by atoms with E-state index in [1.807, 2.05) is 6.07 Å². The number of benzene rings is 3.